The zero-order valence-electron chi connectivity index (χ0n) is 12.9. The van der Waals surface area contributed by atoms with E-state index in [9.17, 15) is 25.0 Å². The summed E-state index contributed by atoms with van der Waals surface area (Å²) in [5.74, 6) is -0.389. The molecule has 0 saturated carbocycles. The number of amides is 1. The number of rotatable bonds is 4. The highest BCUT2D eigenvalue weighted by Gasteiger charge is 2.33. The average Bonchev–Trinajstić information content (AvgIpc) is 2.89. The highest BCUT2D eigenvalue weighted by molar-refractivity contribution is 8.27. The lowest BCUT2D eigenvalue weighted by molar-refractivity contribution is -0.385. The van der Waals surface area contributed by atoms with E-state index >= 15 is 0 Å². The highest BCUT2D eigenvalue weighted by atomic mass is 32.2. The number of carbonyl (C=O) groups excluding carboxylic acids is 1. The van der Waals surface area contributed by atoms with Gasteiger partial charge in [-0.2, -0.15) is 0 Å². The number of nitrogens with zero attached hydrogens (tertiary/aromatic N) is 3. The summed E-state index contributed by atoms with van der Waals surface area (Å²) in [6.45, 7) is 0. The Morgan fingerprint density at radius 2 is 1.65 bits per heavy atom. The topological polar surface area (TPSA) is 107 Å². The standard InChI is InChI=1S/C16H9N3O5S2/c20-15-14(9-10-2-1-3-13(8-10)19(23)24)26-16(25)17(15)11-4-6-12(7-5-11)18(21)22/h1-9H/b14-9+. The number of anilines is 1. The van der Waals surface area contributed by atoms with Crippen molar-refractivity contribution in [3.8, 4) is 0 Å². The number of carbonyl (C=O) groups is 1. The van der Waals surface area contributed by atoms with Gasteiger partial charge in [0, 0.05) is 24.3 Å². The molecule has 8 nitrogen and oxygen atoms in total. The van der Waals surface area contributed by atoms with Crippen LogP contribution in [0.5, 0.6) is 0 Å². The third-order valence-electron chi connectivity index (χ3n) is 3.49. The first-order chi connectivity index (χ1) is 12.4. The van der Waals surface area contributed by atoms with Crippen LogP contribution >= 0.6 is 24.0 Å². The van der Waals surface area contributed by atoms with Gasteiger partial charge in [-0.25, -0.2) is 0 Å². The van der Waals surface area contributed by atoms with E-state index in [1.807, 2.05) is 0 Å². The predicted octanol–water partition coefficient (Wildman–Crippen LogP) is 3.91. The molecule has 130 valence electrons. The van der Waals surface area contributed by atoms with E-state index in [2.05, 4.69) is 0 Å². The lowest BCUT2D eigenvalue weighted by Crippen LogP contribution is -2.27. The zero-order valence-corrected chi connectivity index (χ0v) is 14.5. The summed E-state index contributed by atoms with van der Waals surface area (Å²) < 4.78 is 0.278. The summed E-state index contributed by atoms with van der Waals surface area (Å²) >= 11 is 6.29. The molecule has 1 heterocycles. The van der Waals surface area contributed by atoms with Crippen LogP contribution in [0.4, 0.5) is 17.1 Å². The Labute approximate surface area is 156 Å². The number of hydrogen-bond donors (Lipinski definition) is 0. The smallest absolute Gasteiger partial charge is 0.268 e. The molecule has 0 N–H and O–H groups in total. The van der Waals surface area contributed by atoms with E-state index in [1.165, 1.54) is 53.4 Å². The fraction of sp³-hybridized carbons (Fsp3) is 0. The van der Waals surface area contributed by atoms with Crippen molar-refractivity contribution in [3.05, 3.63) is 79.2 Å². The molecule has 0 aliphatic carbocycles. The number of non-ortho nitro benzene ring substituents is 2. The lowest BCUT2D eigenvalue weighted by atomic mass is 10.2. The third-order valence-corrected chi connectivity index (χ3v) is 4.79. The summed E-state index contributed by atoms with van der Waals surface area (Å²) in [6.07, 6.45) is 1.53. The van der Waals surface area contributed by atoms with Crippen molar-refractivity contribution in [1.82, 2.24) is 0 Å². The number of thioether (sulfide) groups is 1. The first-order valence-electron chi connectivity index (χ1n) is 7.13. The fourth-order valence-corrected chi connectivity index (χ4v) is 3.59. The predicted molar refractivity (Wildman–Crippen MR) is 102 cm³/mol. The summed E-state index contributed by atoms with van der Waals surface area (Å²) in [4.78, 5) is 34.8. The molecule has 3 rings (SSSR count). The molecule has 1 aliphatic rings. The summed E-state index contributed by atoms with van der Waals surface area (Å²) in [6, 6.07) is 11.4. The van der Waals surface area contributed by atoms with Crippen molar-refractivity contribution in [2.24, 2.45) is 0 Å². The van der Waals surface area contributed by atoms with Crippen molar-refractivity contribution in [1.29, 1.82) is 0 Å². The van der Waals surface area contributed by atoms with E-state index in [0.29, 0.717) is 16.2 Å². The normalized spacial score (nSPS) is 15.5. The van der Waals surface area contributed by atoms with Gasteiger partial charge in [-0.05, 0) is 23.8 Å². The highest BCUT2D eigenvalue weighted by Crippen LogP contribution is 2.36. The zero-order chi connectivity index (χ0) is 18.8. The van der Waals surface area contributed by atoms with Gasteiger partial charge < -0.3 is 0 Å². The molecule has 0 radical (unpaired) electrons. The Morgan fingerprint density at radius 3 is 2.27 bits per heavy atom. The van der Waals surface area contributed by atoms with Crippen LogP contribution in [0.3, 0.4) is 0 Å². The molecule has 2 aromatic rings. The number of nitro benzene ring substituents is 2. The summed E-state index contributed by atoms with van der Waals surface area (Å²) in [5, 5.41) is 21.6. The molecular weight excluding hydrogens is 378 g/mol. The fourth-order valence-electron chi connectivity index (χ4n) is 2.29. The molecule has 1 fully saturated rings. The van der Waals surface area contributed by atoms with E-state index in [-0.39, 0.29) is 21.6 Å². The van der Waals surface area contributed by atoms with Crippen LogP contribution in [-0.4, -0.2) is 20.1 Å². The van der Waals surface area contributed by atoms with Gasteiger partial charge >= 0.3 is 0 Å². The molecule has 1 aliphatic heterocycles. The number of thiocarbonyl (C=S) groups is 1. The molecule has 0 unspecified atom stereocenters. The Kier molecular flexibility index (Phi) is 4.78. The van der Waals surface area contributed by atoms with Crippen molar-refractivity contribution < 1.29 is 14.6 Å². The lowest BCUT2D eigenvalue weighted by Gasteiger charge is -2.13. The van der Waals surface area contributed by atoms with E-state index in [1.54, 1.807) is 6.07 Å². The second-order valence-electron chi connectivity index (χ2n) is 5.14. The van der Waals surface area contributed by atoms with Crippen molar-refractivity contribution >= 4 is 57.3 Å². The van der Waals surface area contributed by atoms with Gasteiger partial charge in [0.2, 0.25) is 0 Å². The van der Waals surface area contributed by atoms with Gasteiger partial charge in [-0.15, -0.1) is 0 Å². The number of hydrogen-bond acceptors (Lipinski definition) is 7. The Balaban J connectivity index is 1.90. The van der Waals surface area contributed by atoms with Gasteiger partial charge in [-0.1, -0.05) is 36.1 Å². The molecule has 10 heteroatoms. The maximum absolute atomic E-state index is 12.6. The van der Waals surface area contributed by atoms with Crippen LogP contribution in [0.1, 0.15) is 5.56 Å². The van der Waals surface area contributed by atoms with Crippen LogP contribution in [0, 0.1) is 20.2 Å². The van der Waals surface area contributed by atoms with Gasteiger partial charge in [0.05, 0.1) is 20.4 Å². The third kappa shape index (κ3) is 3.46. The van der Waals surface area contributed by atoms with Crippen LogP contribution in [0.25, 0.3) is 6.08 Å². The van der Waals surface area contributed by atoms with Gasteiger partial charge in [0.25, 0.3) is 17.3 Å². The molecule has 1 amide bonds. The quantitative estimate of drug-likeness (QED) is 0.339. The average molecular weight is 387 g/mol. The monoisotopic (exact) mass is 387 g/mol. The van der Waals surface area contributed by atoms with Gasteiger partial charge in [0.1, 0.15) is 0 Å². The largest absolute Gasteiger partial charge is 0.270 e. The van der Waals surface area contributed by atoms with E-state index < -0.39 is 9.85 Å². The molecular formula is C16H9N3O5S2. The van der Waals surface area contributed by atoms with Crippen molar-refractivity contribution in [2.45, 2.75) is 0 Å². The van der Waals surface area contributed by atoms with E-state index in [4.69, 9.17) is 12.2 Å². The van der Waals surface area contributed by atoms with E-state index in [0.717, 1.165) is 11.8 Å². The Hall–Kier alpha value is -3.11. The molecule has 26 heavy (non-hydrogen) atoms. The van der Waals surface area contributed by atoms with Crippen LogP contribution in [-0.2, 0) is 4.79 Å². The second-order valence-corrected chi connectivity index (χ2v) is 6.82. The molecule has 0 spiro atoms. The van der Waals surface area contributed by atoms with Gasteiger partial charge in [0.15, 0.2) is 4.32 Å². The van der Waals surface area contributed by atoms with Crippen molar-refractivity contribution in [3.63, 3.8) is 0 Å². The Morgan fingerprint density at radius 1 is 1.00 bits per heavy atom. The van der Waals surface area contributed by atoms with Gasteiger partial charge in [-0.3, -0.25) is 29.9 Å². The first kappa shape index (κ1) is 17.7. The Bertz CT molecular complexity index is 972. The van der Waals surface area contributed by atoms with Crippen LogP contribution in [0.15, 0.2) is 53.4 Å². The molecule has 2 aromatic carbocycles. The second kappa shape index (κ2) is 7.02. The molecule has 0 atom stereocenters. The van der Waals surface area contributed by atoms with Crippen molar-refractivity contribution in [2.75, 3.05) is 4.90 Å². The minimum atomic E-state index is -0.531. The molecule has 0 bridgehead atoms. The molecule has 0 aromatic heterocycles. The summed E-state index contributed by atoms with van der Waals surface area (Å²) in [5.41, 5.74) is 0.750. The van der Waals surface area contributed by atoms with Crippen LogP contribution in [0.2, 0.25) is 0 Å². The van der Waals surface area contributed by atoms with Crippen LogP contribution < -0.4 is 4.90 Å². The summed E-state index contributed by atoms with van der Waals surface area (Å²) in [7, 11) is 0. The minimum absolute atomic E-state index is 0.0791. The number of nitro groups is 2. The maximum atomic E-state index is 12.6. The minimum Gasteiger partial charge on any atom is -0.268 e. The SMILES string of the molecule is O=C1/C(=C\c2cccc([N+](=O)[O-])c2)SC(=S)N1c1ccc([N+](=O)[O-])cc1. The molecule has 1 saturated heterocycles. The first-order valence-corrected chi connectivity index (χ1v) is 8.36. The maximum Gasteiger partial charge on any atom is 0.270 e. The number of benzene rings is 2.